The molecule has 0 aliphatic heterocycles. The number of aromatic hydroxyl groups is 1. The Morgan fingerprint density at radius 1 is 0.972 bits per heavy atom. The summed E-state index contributed by atoms with van der Waals surface area (Å²) >= 11 is 3.50. The van der Waals surface area contributed by atoms with Crippen LogP contribution in [0, 0.1) is 6.92 Å². The molecule has 9 heteroatoms. The summed E-state index contributed by atoms with van der Waals surface area (Å²) in [4.78, 5) is 17.1. The second kappa shape index (κ2) is 10.1. The Labute approximate surface area is 216 Å². The second-order valence-corrected chi connectivity index (χ2v) is 9.13. The molecule has 0 fully saturated rings. The molecule has 2 heterocycles. The van der Waals surface area contributed by atoms with Gasteiger partial charge < -0.3 is 21.1 Å². The van der Waals surface area contributed by atoms with Crippen LogP contribution in [0.3, 0.4) is 0 Å². The number of nitrogens with zero attached hydrogens (tertiary/aromatic N) is 3. The molecule has 0 bridgehead atoms. The van der Waals surface area contributed by atoms with E-state index >= 15 is 0 Å². The maximum absolute atomic E-state index is 12.5. The van der Waals surface area contributed by atoms with Crippen LogP contribution in [-0.2, 0) is 6.54 Å². The number of aromatic nitrogens is 3. The van der Waals surface area contributed by atoms with Crippen LogP contribution in [0.4, 0.5) is 22.0 Å². The van der Waals surface area contributed by atoms with E-state index in [9.17, 15) is 9.90 Å². The number of para-hydroxylation sites is 1. The molecule has 5 aromatic rings. The molecular formula is C27H23BrN6O2. The van der Waals surface area contributed by atoms with E-state index in [0.29, 0.717) is 35.0 Å². The molecule has 36 heavy (non-hydrogen) atoms. The molecule has 0 saturated heterocycles. The number of phenolic OH excluding ortho intramolecular Hbond substituents is 1. The van der Waals surface area contributed by atoms with Crippen molar-refractivity contribution in [2.75, 3.05) is 16.0 Å². The number of nitrogens with one attached hydrogen (secondary N) is 3. The van der Waals surface area contributed by atoms with Gasteiger partial charge in [0, 0.05) is 29.5 Å². The van der Waals surface area contributed by atoms with Crippen molar-refractivity contribution in [3.63, 3.8) is 0 Å². The number of rotatable bonds is 6. The zero-order chi connectivity index (χ0) is 25.1. The molecule has 0 unspecified atom stereocenters. The first-order chi connectivity index (χ1) is 17.5. The molecule has 180 valence electrons. The first-order valence-corrected chi connectivity index (χ1v) is 12.1. The van der Waals surface area contributed by atoms with Gasteiger partial charge in [-0.1, -0.05) is 36.4 Å². The van der Waals surface area contributed by atoms with Gasteiger partial charge in [0.1, 0.15) is 11.6 Å². The number of amides is 2. The Morgan fingerprint density at radius 3 is 2.50 bits per heavy atom. The molecule has 5 rings (SSSR count). The van der Waals surface area contributed by atoms with E-state index in [1.807, 2.05) is 73.7 Å². The first kappa shape index (κ1) is 23.4. The minimum absolute atomic E-state index is 0.152. The van der Waals surface area contributed by atoms with E-state index in [1.54, 1.807) is 22.8 Å². The SMILES string of the molecule is Cc1cccc(NC(=O)Nc2cccc(CNc3cc(-c4ccccc4O)nc4c(Br)cnn34)c2)c1. The number of anilines is 3. The summed E-state index contributed by atoms with van der Waals surface area (Å²) < 4.78 is 2.44. The fourth-order valence-electron chi connectivity index (χ4n) is 3.86. The van der Waals surface area contributed by atoms with Crippen LogP contribution < -0.4 is 16.0 Å². The number of carbonyl (C=O) groups excluding carboxylic acids is 1. The number of halogens is 1. The molecule has 2 amide bonds. The van der Waals surface area contributed by atoms with Crippen molar-refractivity contribution in [2.45, 2.75) is 13.5 Å². The molecule has 0 atom stereocenters. The lowest BCUT2D eigenvalue weighted by Gasteiger charge is -2.13. The standard InChI is InChI=1S/C27H23BrN6O2/c1-17-6-4-8-19(12-17)31-27(36)32-20-9-5-7-18(13-20)15-29-25-14-23(21-10-2-3-11-24(21)35)33-26-22(28)16-30-34(25)26/h2-14,16,29,35H,15H2,1H3,(H2,31,32,36). The van der Waals surface area contributed by atoms with Crippen molar-refractivity contribution in [3.05, 3.63) is 101 Å². The zero-order valence-electron chi connectivity index (χ0n) is 19.4. The zero-order valence-corrected chi connectivity index (χ0v) is 21.0. The minimum Gasteiger partial charge on any atom is -0.507 e. The first-order valence-electron chi connectivity index (χ1n) is 11.3. The van der Waals surface area contributed by atoms with E-state index in [4.69, 9.17) is 0 Å². The Morgan fingerprint density at radius 2 is 1.72 bits per heavy atom. The van der Waals surface area contributed by atoms with Crippen molar-refractivity contribution >= 4 is 44.8 Å². The number of hydrogen-bond acceptors (Lipinski definition) is 5. The Kier molecular flexibility index (Phi) is 6.55. The number of urea groups is 1. The average molecular weight is 543 g/mol. The average Bonchev–Trinajstić information content (AvgIpc) is 3.24. The highest BCUT2D eigenvalue weighted by molar-refractivity contribution is 9.10. The number of fused-ring (bicyclic) bond motifs is 1. The van der Waals surface area contributed by atoms with Crippen molar-refractivity contribution in [1.82, 2.24) is 14.6 Å². The van der Waals surface area contributed by atoms with E-state index in [-0.39, 0.29) is 11.8 Å². The summed E-state index contributed by atoms with van der Waals surface area (Å²) in [7, 11) is 0. The fourth-order valence-corrected chi connectivity index (χ4v) is 4.21. The number of benzene rings is 3. The van der Waals surface area contributed by atoms with Gasteiger partial charge in [0.05, 0.1) is 16.4 Å². The van der Waals surface area contributed by atoms with Crippen LogP contribution in [0.25, 0.3) is 16.9 Å². The highest BCUT2D eigenvalue weighted by Gasteiger charge is 2.13. The molecule has 0 aliphatic carbocycles. The van der Waals surface area contributed by atoms with Crippen LogP contribution in [0.2, 0.25) is 0 Å². The molecule has 4 N–H and O–H groups in total. The molecular weight excluding hydrogens is 520 g/mol. The van der Waals surface area contributed by atoms with Gasteiger partial charge in [-0.05, 0) is 70.4 Å². The van der Waals surface area contributed by atoms with Crippen LogP contribution in [-0.4, -0.2) is 25.7 Å². The van der Waals surface area contributed by atoms with E-state index in [1.165, 1.54) is 0 Å². The summed E-state index contributed by atoms with van der Waals surface area (Å²) in [6, 6.07) is 23.8. The van der Waals surface area contributed by atoms with Crippen molar-refractivity contribution < 1.29 is 9.90 Å². The van der Waals surface area contributed by atoms with Gasteiger partial charge in [-0.25, -0.2) is 9.78 Å². The van der Waals surface area contributed by atoms with E-state index in [2.05, 4.69) is 42.0 Å². The molecule has 0 radical (unpaired) electrons. The third-order valence-corrected chi connectivity index (χ3v) is 6.10. The van der Waals surface area contributed by atoms with Gasteiger partial charge in [0.25, 0.3) is 0 Å². The lowest BCUT2D eigenvalue weighted by atomic mass is 10.1. The van der Waals surface area contributed by atoms with Crippen LogP contribution in [0.1, 0.15) is 11.1 Å². The van der Waals surface area contributed by atoms with Crippen LogP contribution >= 0.6 is 15.9 Å². The minimum atomic E-state index is -0.310. The maximum atomic E-state index is 12.5. The number of hydrogen-bond donors (Lipinski definition) is 4. The Hall–Kier alpha value is -4.37. The largest absolute Gasteiger partial charge is 0.507 e. The highest BCUT2D eigenvalue weighted by atomic mass is 79.9. The predicted octanol–water partition coefficient (Wildman–Crippen LogP) is 6.43. The highest BCUT2D eigenvalue weighted by Crippen LogP contribution is 2.31. The van der Waals surface area contributed by atoms with E-state index < -0.39 is 0 Å². The Balaban J connectivity index is 1.34. The molecule has 2 aromatic heterocycles. The quantitative estimate of drug-likeness (QED) is 0.198. The van der Waals surface area contributed by atoms with Crippen molar-refractivity contribution in [1.29, 1.82) is 0 Å². The number of carbonyl (C=O) groups is 1. The summed E-state index contributed by atoms with van der Waals surface area (Å²) in [5, 5.41) is 23.9. The lowest BCUT2D eigenvalue weighted by molar-refractivity contribution is 0.262. The second-order valence-electron chi connectivity index (χ2n) is 8.27. The van der Waals surface area contributed by atoms with Gasteiger partial charge in [-0.15, -0.1) is 0 Å². The topological polar surface area (TPSA) is 104 Å². The molecule has 0 saturated carbocycles. The number of aryl methyl sites for hydroxylation is 1. The maximum Gasteiger partial charge on any atom is 0.323 e. The van der Waals surface area contributed by atoms with E-state index in [0.717, 1.165) is 21.3 Å². The molecule has 8 nitrogen and oxygen atoms in total. The van der Waals surface area contributed by atoms with Crippen molar-refractivity contribution in [2.24, 2.45) is 0 Å². The molecule has 3 aromatic carbocycles. The third kappa shape index (κ3) is 5.16. The van der Waals surface area contributed by atoms with Gasteiger partial charge in [0.2, 0.25) is 0 Å². The summed E-state index contributed by atoms with van der Waals surface area (Å²) in [6.45, 7) is 2.45. The predicted molar refractivity (Wildman–Crippen MR) is 145 cm³/mol. The van der Waals surface area contributed by atoms with Crippen LogP contribution in [0.15, 0.2) is 89.5 Å². The molecule has 0 aliphatic rings. The van der Waals surface area contributed by atoms with Crippen LogP contribution in [0.5, 0.6) is 5.75 Å². The summed E-state index contributed by atoms with van der Waals surface area (Å²) in [6.07, 6.45) is 1.68. The normalized spacial score (nSPS) is 10.8. The Bertz CT molecular complexity index is 1570. The summed E-state index contributed by atoms with van der Waals surface area (Å²) in [5.74, 6) is 0.859. The van der Waals surface area contributed by atoms with Gasteiger partial charge in [0.15, 0.2) is 5.65 Å². The van der Waals surface area contributed by atoms with Gasteiger partial charge in [-0.2, -0.15) is 9.61 Å². The lowest BCUT2D eigenvalue weighted by Crippen LogP contribution is -2.19. The smallest absolute Gasteiger partial charge is 0.323 e. The fraction of sp³-hybridized carbons (Fsp3) is 0.0741. The summed E-state index contributed by atoms with van der Waals surface area (Å²) in [5.41, 5.74) is 5.31. The third-order valence-electron chi connectivity index (χ3n) is 5.54. The molecule has 0 spiro atoms. The van der Waals surface area contributed by atoms with Gasteiger partial charge >= 0.3 is 6.03 Å². The van der Waals surface area contributed by atoms with Crippen molar-refractivity contribution in [3.8, 4) is 17.0 Å². The van der Waals surface area contributed by atoms with Gasteiger partial charge in [-0.3, -0.25) is 0 Å². The number of phenols is 1. The monoisotopic (exact) mass is 542 g/mol.